The van der Waals surface area contributed by atoms with E-state index in [1.165, 1.54) is 11.3 Å². The summed E-state index contributed by atoms with van der Waals surface area (Å²) in [6, 6.07) is 12.1. The van der Waals surface area contributed by atoms with E-state index in [1.807, 2.05) is 0 Å². The van der Waals surface area contributed by atoms with Gasteiger partial charge in [0.1, 0.15) is 17.3 Å². The number of thiocarbonyl (C=S) groups is 1. The summed E-state index contributed by atoms with van der Waals surface area (Å²) in [5.74, 6) is 0.797. The fourth-order valence-electron chi connectivity index (χ4n) is 2.71. The minimum Gasteiger partial charge on any atom is -0.496 e. The largest absolute Gasteiger partial charge is 0.496 e. The van der Waals surface area contributed by atoms with Crippen LogP contribution >= 0.6 is 46.9 Å². The van der Waals surface area contributed by atoms with Gasteiger partial charge in [-0.1, -0.05) is 29.4 Å². The molecule has 30 heavy (non-hydrogen) atoms. The molecule has 0 spiro atoms. The zero-order valence-corrected chi connectivity index (χ0v) is 18.6. The molecule has 1 aromatic carbocycles. The van der Waals surface area contributed by atoms with Crippen LogP contribution in [0.2, 0.25) is 5.02 Å². The smallest absolute Gasteiger partial charge is 0.285 e. The number of thiophene rings is 1. The minimum atomic E-state index is -0.423. The van der Waals surface area contributed by atoms with Gasteiger partial charge < -0.3 is 9.15 Å². The summed E-state index contributed by atoms with van der Waals surface area (Å²) >= 11 is 13.7. The number of hydrazine groups is 1. The average Bonchev–Trinajstić information content (AvgIpc) is 3.47. The van der Waals surface area contributed by atoms with E-state index in [1.54, 1.807) is 61.0 Å². The van der Waals surface area contributed by atoms with Gasteiger partial charge in [0.15, 0.2) is 4.32 Å². The van der Waals surface area contributed by atoms with Crippen LogP contribution in [-0.2, 0) is 4.79 Å². The first-order chi connectivity index (χ1) is 14.5. The predicted octanol–water partition coefficient (Wildman–Crippen LogP) is 5.22. The van der Waals surface area contributed by atoms with Crippen LogP contribution in [0.15, 0.2) is 57.2 Å². The number of thioether (sulfide) groups is 1. The topological polar surface area (TPSA) is 71.8 Å². The number of methoxy groups -OCH3 is 1. The number of amides is 2. The number of carbonyl (C=O) groups excluding carboxylic acids is 2. The zero-order valence-electron chi connectivity index (χ0n) is 15.4. The van der Waals surface area contributed by atoms with Gasteiger partial charge in [-0.25, -0.2) is 0 Å². The number of hydrogen-bond acceptors (Lipinski definition) is 7. The van der Waals surface area contributed by atoms with E-state index in [0.717, 1.165) is 16.8 Å². The number of benzene rings is 1. The summed E-state index contributed by atoms with van der Waals surface area (Å²) in [5, 5.41) is 3.39. The summed E-state index contributed by atoms with van der Waals surface area (Å²) in [6.07, 6.45) is 1.58. The number of halogens is 1. The van der Waals surface area contributed by atoms with E-state index < -0.39 is 11.8 Å². The van der Waals surface area contributed by atoms with Crippen molar-refractivity contribution in [1.29, 1.82) is 0 Å². The Morgan fingerprint density at radius 2 is 2.13 bits per heavy atom. The van der Waals surface area contributed by atoms with Gasteiger partial charge in [0.25, 0.3) is 11.8 Å². The van der Waals surface area contributed by atoms with Crippen molar-refractivity contribution in [3.63, 3.8) is 0 Å². The molecule has 0 saturated carbocycles. The highest BCUT2D eigenvalue weighted by Crippen LogP contribution is 2.36. The SMILES string of the molecule is COc1ccc(Cl)cc1-c1ccc(/C=C2/SC(=S)N(NC(=O)c3cccs3)C2=O)o1. The quantitative estimate of drug-likeness (QED) is 0.402. The molecule has 0 unspecified atom stereocenters. The van der Waals surface area contributed by atoms with Gasteiger partial charge in [-0.05, 0) is 54.0 Å². The summed E-state index contributed by atoms with van der Waals surface area (Å²) < 4.78 is 11.5. The Labute approximate surface area is 190 Å². The van der Waals surface area contributed by atoms with Crippen molar-refractivity contribution in [1.82, 2.24) is 10.4 Å². The van der Waals surface area contributed by atoms with E-state index in [2.05, 4.69) is 5.43 Å². The second-order valence-corrected chi connectivity index (χ2v) is 9.04. The standard InChI is InChI=1S/C20H13ClN2O4S3/c1-26-14-6-4-11(21)9-13(14)15-7-5-12(27-15)10-17-19(25)23(20(28)30-17)22-18(24)16-3-2-8-29-16/h2-10H,1H3,(H,22,24)/b17-10+. The number of hydrogen-bond donors (Lipinski definition) is 1. The summed E-state index contributed by atoms with van der Waals surface area (Å²) in [7, 11) is 1.56. The maximum atomic E-state index is 12.7. The van der Waals surface area contributed by atoms with Gasteiger partial charge in [-0.2, -0.15) is 5.01 Å². The lowest BCUT2D eigenvalue weighted by atomic mass is 10.1. The molecule has 152 valence electrons. The van der Waals surface area contributed by atoms with Crippen LogP contribution < -0.4 is 10.2 Å². The molecule has 0 aliphatic carbocycles. The molecule has 2 amide bonds. The van der Waals surface area contributed by atoms with Crippen molar-refractivity contribution in [2.45, 2.75) is 0 Å². The molecule has 4 rings (SSSR count). The molecule has 1 fully saturated rings. The Morgan fingerprint density at radius 3 is 2.87 bits per heavy atom. The highest BCUT2D eigenvalue weighted by molar-refractivity contribution is 8.26. The third kappa shape index (κ3) is 4.15. The molecule has 1 aliphatic rings. The minimum absolute atomic E-state index is 0.236. The Hall–Kier alpha value is -2.59. The van der Waals surface area contributed by atoms with Crippen molar-refractivity contribution in [2.24, 2.45) is 0 Å². The van der Waals surface area contributed by atoms with E-state index in [-0.39, 0.29) is 4.32 Å². The van der Waals surface area contributed by atoms with Crippen molar-refractivity contribution >= 4 is 69.1 Å². The van der Waals surface area contributed by atoms with Crippen molar-refractivity contribution < 1.29 is 18.7 Å². The van der Waals surface area contributed by atoms with Crippen molar-refractivity contribution in [3.05, 3.63) is 68.4 Å². The van der Waals surface area contributed by atoms with Crippen LogP contribution in [0.25, 0.3) is 17.4 Å². The lowest BCUT2D eigenvalue weighted by Crippen LogP contribution is -2.44. The number of nitrogens with one attached hydrogen (secondary N) is 1. The van der Waals surface area contributed by atoms with E-state index in [0.29, 0.717) is 37.6 Å². The molecule has 1 saturated heterocycles. The van der Waals surface area contributed by atoms with Crippen LogP contribution in [0.4, 0.5) is 0 Å². The average molecular weight is 477 g/mol. The van der Waals surface area contributed by atoms with Crippen LogP contribution in [-0.4, -0.2) is 28.3 Å². The number of nitrogens with zero attached hydrogens (tertiary/aromatic N) is 1. The summed E-state index contributed by atoms with van der Waals surface area (Å²) in [5.41, 5.74) is 3.23. The van der Waals surface area contributed by atoms with Crippen molar-refractivity contribution in [3.8, 4) is 17.1 Å². The normalized spacial score (nSPS) is 15.1. The molecule has 0 atom stereocenters. The molecule has 1 aliphatic heterocycles. The number of ether oxygens (including phenoxy) is 1. The predicted molar refractivity (Wildman–Crippen MR) is 123 cm³/mol. The first kappa shape index (κ1) is 20.7. The van der Waals surface area contributed by atoms with Gasteiger partial charge in [-0.15, -0.1) is 11.3 Å². The second kappa shape index (κ2) is 8.65. The van der Waals surface area contributed by atoms with Crippen LogP contribution in [0.3, 0.4) is 0 Å². The first-order valence-electron chi connectivity index (χ1n) is 8.52. The first-order valence-corrected chi connectivity index (χ1v) is 11.0. The van der Waals surface area contributed by atoms with Crippen LogP contribution in [0.5, 0.6) is 5.75 Å². The fourth-order valence-corrected chi connectivity index (χ4v) is 4.65. The van der Waals surface area contributed by atoms with Gasteiger partial charge in [0.05, 0.1) is 22.5 Å². The third-order valence-corrected chi connectivity index (χ3v) is 6.49. The van der Waals surface area contributed by atoms with Crippen molar-refractivity contribution in [2.75, 3.05) is 7.11 Å². The molecular weight excluding hydrogens is 464 g/mol. The summed E-state index contributed by atoms with van der Waals surface area (Å²) in [4.78, 5) is 25.8. The van der Waals surface area contributed by atoms with Crippen LogP contribution in [0.1, 0.15) is 15.4 Å². The second-order valence-electron chi connectivity index (χ2n) is 5.98. The molecule has 3 aromatic rings. The van der Waals surface area contributed by atoms with Gasteiger partial charge in [-0.3, -0.25) is 15.0 Å². The third-order valence-electron chi connectivity index (χ3n) is 4.08. The Morgan fingerprint density at radius 1 is 1.30 bits per heavy atom. The van der Waals surface area contributed by atoms with E-state index in [9.17, 15) is 9.59 Å². The molecule has 3 heterocycles. The Bertz CT molecular complexity index is 1170. The van der Waals surface area contributed by atoms with E-state index in [4.69, 9.17) is 33.0 Å². The monoisotopic (exact) mass is 476 g/mol. The summed E-state index contributed by atoms with van der Waals surface area (Å²) in [6.45, 7) is 0. The Balaban J connectivity index is 1.55. The lowest BCUT2D eigenvalue weighted by molar-refractivity contribution is -0.123. The number of furan rings is 1. The zero-order chi connectivity index (χ0) is 21.3. The fraction of sp³-hybridized carbons (Fsp3) is 0.0500. The maximum absolute atomic E-state index is 12.7. The van der Waals surface area contributed by atoms with E-state index >= 15 is 0 Å². The number of rotatable bonds is 5. The maximum Gasteiger partial charge on any atom is 0.285 e. The lowest BCUT2D eigenvalue weighted by Gasteiger charge is -2.14. The Kier molecular flexibility index (Phi) is 5.96. The molecular formula is C20H13ClN2O4S3. The number of carbonyl (C=O) groups is 2. The molecule has 0 radical (unpaired) electrons. The molecule has 10 heteroatoms. The molecule has 1 N–H and O–H groups in total. The molecule has 6 nitrogen and oxygen atoms in total. The highest BCUT2D eigenvalue weighted by atomic mass is 35.5. The molecule has 2 aromatic heterocycles. The molecule has 0 bridgehead atoms. The highest BCUT2D eigenvalue weighted by Gasteiger charge is 2.34. The van der Waals surface area contributed by atoms with Gasteiger partial charge >= 0.3 is 0 Å². The van der Waals surface area contributed by atoms with Crippen LogP contribution in [0, 0.1) is 0 Å². The van der Waals surface area contributed by atoms with Gasteiger partial charge in [0, 0.05) is 11.1 Å². The van der Waals surface area contributed by atoms with Gasteiger partial charge in [0.2, 0.25) is 0 Å².